The minimum absolute atomic E-state index is 0.252. The Labute approximate surface area is 134 Å². The van der Waals surface area contributed by atoms with Crippen LogP contribution in [0.25, 0.3) is 0 Å². The predicted octanol–water partition coefficient (Wildman–Crippen LogP) is 3.49. The molecule has 0 aliphatic carbocycles. The second-order valence-corrected chi connectivity index (χ2v) is 4.97. The van der Waals surface area contributed by atoms with E-state index in [0.29, 0.717) is 16.6 Å². The van der Waals surface area contributed by atoms with Gasteiger partial charge in [0.1, 0.15) is 6.04 Å². The molecule has 0 fully saturated rings. The number of phenolic OH excluding ortho intramolecular Hbond substituents is 2. The summed E-state index contributed by atoms with van der Waals surface area (Å²) in [5.41, 5.74) is 0.520. The minimum Gasteiger partial charge on any atom is -0.504 e. The van der Waals surface area contributed by atoms with Crippen LogP contribution < -0.4 is 5.32 Å². The monoisotopic (exact) mass is 361 g/mol. The molecule has 1 atom stereocenters. The summed E-state index contributed by atoms with van der Waals surface area (Å²) in [6.07, 6.45) is 1.76. The Hall–Kier alpha value is -1.27. The molecule has 0 aromatic heterocycles. The van der Waals surface area contributed by atoms with Gasteiger partial charge >= 0.3 is 5.97 Å². The van der Waals surface area contributed by atoms with Crippen LogP contribution in [0.5, 0.6) is 11.5 Å². The quantitative estimate of drug-likeness (QED) is 0.410. The van der Waals surface area contributed by atoms with Crippen molar-refractivity contribution < 1.29 is 19.7 Å². The Morgan fingerprint density at radius 1 is 1.38 bits per heavy atom. The highest BCUT2D eigenvalue weighted by Gasteiger charge is 2.22. The lowest BCUT2D eigenvalue weighted by Gasteiger charge is -2.16. The van der Waals surface area contributed by atoms with Crippen molar-refractivity contribution in [2.45, 2.75) is 39.7 Å². The minimum atomic E-state index is -0.681. The number of unbranched alkanes of at least 4 members (excludes halogenated alkanes) is 1. The smallest absolute Gasteiger partial charge is 0.327 e. The second kappa shape index (κ2) is 10.5. The van der Waals surface area contributed by atoms with E-state index < -0.39 is 12.0 Å². The average Bonchev–Trinajstić information content (AvgIpc) is 2.48. The molecule has 0 aliphatic rings. The molecule has 0 saturated heterocycles. The lowest BCUT2D eigenvalue weighted by Crippen LogP contribution is -2.27. The second-order valence-electron chi connectivity index (χ2n) is 4.11. The van der Waals surface area contributed by atoms with Crippen LogP contribution in [0, 0.1) is 0 Å². The molecule has 0 bridgehead atoms. The molecule has 0 aliphatic heterocycles. The molecule has 1 unspecified atom stereocenters. The van der Waals surface area contributed by atoms with Crippen molar-refractivity contribution in [3.8, 4) is 11.5 Å². The van der Waals surface area contributed by atoms with Gasteiger partial charge in [0.15, 0.2) is 11.5 Å². The molecule has 3 N–H and O–H groups in total. The first-order valence-electron chi connectivity index (χ1n) is 7.06. The number of nitrogens with one attached hydrogen (secondary N) is 1. The Morgan fingerprint density at radius 3 is 2.48 bits per heavy atom. The van der Waals surface area contributed by atoms with Crippen molar-refractivity contribution in [3.05, 3.63) is 22.2 Å². The Bertz CT molecular complexity index is 428. The molecule has 6 heteroatoms. The fraction of sp³-hybridized carbons (Fsp3) is 0.533. The van der Waals surface area contributed by atoms with Gasteiger partial charge in [-0.15, -0.1) is 0 Å². The van der Waals surface area contributed by atoms with E-state index in [4.69, 9.17) is 4.74 Å². The lowest BCUT2D eigenvalue weighted by molar-refractivity contribution is -0.146. The fourth-order valence-corrected chi connectivity index (χ4v) is 2.06. The third-order valence-corrected chi connectivity index (χ3v) is 3.27. The summed E-state index contributed by atoms with van der Waals surface area (Å²) in [4.78, 5) is 11.9. The van der Waals surface area contributed by atoms with Crippen LogP contribution in [-0.2, 0) is 9.53 Å². The van der Waals surface area contributed by atoms with E-state index in [1.165, 1.54) is 6.07 Å². The van der Waals surface area contributed by atoms with Crippen molar-refractivity contribution >= 4 is 21.9 Å². The fourth-order valence-electron chi connectivity index (χ4n) is 1.59. The van der Waals surface area contributed by atoms with E-state index in [0.717, 1.165) is 12.8 Å². The Balaban J connectivity index is 0.00000191. The van der Waals surface area contributed by atoms with Crippen molar-refractivity contribution in [1.82, 2.24) is 5.32 Å². The van der Waals surface area contributed by atoms with Crippen molar-refractivity contribution in [2.75, 3.05) is 13.7 Å². The number of likely N-dealkylation sites (N-methyl/N-ethyl adjacent to an activating group) is 1. The van der Waals surface area contributed by atoms with Crippen LogP contribution in [0.15, 0.2) is 16.6 Å². The van der Waals surface area contributed by atoms with Crippen LogP contribution in [-0.4, -0.2) is 29.8 Å². The van der Waals surface area contributed by atoms with Crippen molar-refractivity contribution in [2.24, 2.45) is 0 Å². The van der Waals surface area contributed by atoms with Crippen molar-refractivity contribution in [1.29, 1.82) is 0 Å². The number of hydrogen-bond donors (Lipinski definition) is 3. The molecule has 120 valence electrons. The molecule has 0 heterocycles. The number of esters is 1. The summed E-state index contributed by atoms with van der Waals surface area (Å²) >= 11 is 3.12. The summed E-state index contributed by atoms with van der Waals surface area (Å²) in [5.74, 6) is -0.947. The number of ether oxygens (including phenoxy) is 1. The van der Waals surface area contributed by atoms with E-state index in [1.54, 1.807) is 13.1 Å². The van der Waals surface area contributed by atoms with E-state index in [2.05, 4.69) is 21.2 Å². The standard InChI is InChI=1S/C13H18BrNO4.C2H6/c1-3-4-5-19-13(18)11(15-2)8-6-9(14)12(17)10(16)7-8;1-2/h6-7,11,15-17H,3-5H2,1-2H3;1-2H3. The summed E-state index contributed by atoms with van der Waals surface area (Å²) < 4.78 is 5.46. The first-order chi connectivity index (χ1) is 10.0. The lowest BCUT2D eigenvalue weighted by atomic mass is 10.1. The summed E-state index contributed by atoms with van der Waals surface area (Å²) in [7, 11) is 1.63. The maximum Gasteiger partial charge on any atom is 0.327 e. The van der Waals surface area contributed by atoms with Crippen LogP contribution in [0.2, 0.25) is 0 Å². The van der Waals surface area contributed by atoms with E-state index in [-0.39, 0.29) is 11.5 Å². The van der Waals surface area contributed by atoms with Crippen LogP contribution in [0.4, 0.5) is 0 Å². The van der Waals surface area contributed by atoms with Gasteiger partial charge in [-0.1, -0.05) is 27.2 Å². The number of benzene rings is 1. The maximum atomic E-state index is 11.9. The van der Waals surface area contributed by atoms with E-state index >= 15 is 0 Å². The summed E-state index contributed by atoms with van der Waals surface area (Å²) in [5, 5.41) is 21.9. The van der Waals surface area contributed by atoms with Crippen LogP contribution >= 0.6 is 15.9 Å². The van der Waals surface area contributed by atoms with Gasteiger partial charge in [0, 0.05) is 0 Å². The normalized spacial score (nSPS) is 11.3. The highest BCUT2D eigenvalue weighted by molar-refractivity contribution is 9.10. The third kappa shape index (κ3) is 5.93. The van der Waals surface area contributed by atoms with Gasteiger partial charge < -0.3 is 20.3 Å². The number of hydrogen-bond acceptors (Lipinski definition) is 5. The Morgan fingerprint density at radius 2 is 2.00 bits per heavy atom. The highest BCUT2D eigenvalue weighted by atomic mass is 79.9. The molecule has 21 heavy (non-hydrogen) atoms. The average molecular weight is 362 g/mol. The van der Waals surface area contributed by atoms with E-state index in [1.807, 2.05) is 20.8 Å². The van der Waals surface area contributed by atoms with Gasteiger partial charge in [0.2, 0.25) is 0 Å². The number of phenols is 2. The SMILES string of the molecule is CC.CCCCOC(=O)C(NC)c1cc(O)c(O)c(Br)c1. The van der Waals surface area contributed by atoms with Crippen molar-refractivity contribution in [3.63, 3.8) is 0 Å². The molecular weight excluding hydrogens is 338 g/mol. The third-order valence-electron chi connectivity index (χ3n) is 2.67. The largest absolute Gasteiger partial charge is 0.504 e. The molecule has 0 spiro atoms. The highest BCUT2D eigenvalue weighted by Crippen LogP contribution is 2.36. The summed E-state index contributed by atoms with van der Waals surface area (Å²) in [6, 6.07) is 2.22. The molecule has 1 rings (SSSR count). The Kier molecular flexibility index (Phi) is 9.82. The maximum absolute atomic E-state index is 11.9. The molecule has 5 nitrogen and oxygen atoms in total. The number of aromatic hydroxyl groups is 2. The van der Waals surface area contributed by atoms with Gasteiger partial charge in [-0.05, 0) is 47.1 Å². The van der Waals surface area contributed by atoms with Gasteiger partial charge in [-0.25, -0.2) is 4.79 Å². The van der Waals surface area contributed by atoms with E-state index in [9.17, 15) is 15.0 Å². The molecule has 0 saturated carbocycles. The number of halogens is 1. The van der Waals surface area contributed by atoms with Gasteiger partial charge in [0.25, 0.3) is 0 Å². The zero-order chi connectivity index (χ0) is 16.4. The zero-order valence-electron chi connectivity index (χ0n) is 12.9. The summed E-state index contributed by atoms with van der Waals surface area (Å²) in [6.45, 7) is 6.39. The van der Waals surface area contributed by atoms with Gasteiger partial charge in [-0.3, -0.25) is 0 Å². The number of carbonyl (C=O) groups is 1. The first kappa shape index (κ1) is 19.7. The van der Waals surface area contributed by atoms with Crippen LogP contribution in [0.1, 0.15) is 45.2 Å². The predicted molar refractivity (Wildman–Crippen MR) is 86.5 cm³/mol. The van der Waals surface area contributed by atoms with Gasteiger partial charge in [-0.2, -0.15) is 0 Å². The molecular formula is C15H24BrNO4. The number of rotatable bonds is 6. The molecule has 1 aromatic carbocycles. The zero-order valence-corrected chi connectivity index (χ0v) is 14.5. The van der Waals surface area contributed by atoms with Crippen LogP contribution in [0.3, 0.4) is 0 Å². The number of carbonyl (C=O) groups excluding carboxylic acids is 1. The topological polar surface area (TPSA) is 78.8 Å². The first-order valence-corrected chi connectivity index (χ1v) is 7.85. The molecule has 0 amide bonds. The molecule has 0 radical (unpaired) electrons. The van der Waals surface area contributed by atoms with Gasteiger partial charge in [0.05, 0.1) is 11.1 Å². The molecule has 1 aromatic rings.